The maximum atomic E-state index is 10.6. The summed E-state index contributed by atoms with van der Waals surface area (Å²) in [6, 6.07) is 5.75. The lowest BCUT2D eigenvalue weighted by Gasteiger charge is -2.35. The first-order valence-corrected chi connectivity index (χ1v) is 10.9. The summed E-state index contributed by atoms with van der Waals surface area (Å²) in [5.74, 6) is -1.47. The van der Waals surface area contributed by atoms with Gasteiger partial charge in [-0.3, -0.25) is 0 Å². The number of rotatable bonds is 4. The van der Waals surface area contributed by atoms with E-state index in [1.165, 1.54) is 0 Å². The van der Waals surface area contributed by atoms with Crippen molar-refractivity contribution in [3.63, 3.8) is 0 Å². The normalized spacial score (nSPS) is 16.2. The number of hydrogen-bond donors (Lipinski definition) is 3. The molecule has 1 aliphatic heterocycles. The monoisotopic (exact) mass is 497 g/mol. The third-order valence-corrected chi connectivity index (χ3v) is 5.49. The van der Waals surface area contributed by atoms with Crippen molar-refractivity contribution in [1.82, 2.24) is 29.2 Å². The number of phenols is 1. The van der Waals surface area contributed by atoms with Crippen LogP contribution in [0.15, 0.2) is 30.6 Å². The molecular weight excluding hydrogens is 475 g/mol. The molecule has 14 heteroatoms. The van der Waals surface area contributed by atoms with Gasteiger partial charge in [-0.15, -0.1) is 10.2 Å². The molecule has 0 aliphatic carbocycles. The highest BCUT2D eigenvalue weighted by atomic mass is 32.1. The smallest absolute Gasteiger partial charge is 0.490 e. The number of carboxylic acids is 1. The van der Waals surface area contributed by atoms with E-state index < -0.39 is 12.1 Å². The summed E-state index contributed by atoms with van der Waals surface area (Å²) in [7, 11) is 0. The summed E-state index contributed by atoms with van der Waals surface area (Å²) in [5, 5.41) is 29.6. The van der Waals surface area contributed by atoms with Crippen molar-refractivity contribution in [2.75, 3.05) is 24.5 Å². The summed E-state index contributed by atoms with van der Waals surface area (Å²) >= 11 is 1.13. The van der Waals surface area contributed by atoms with Crippen molar-refractivity contribution >= 4 is 23.6 Å². The van der Waals surface area contributed by atoms with Gasteiger partial charge in [0.1, 0.15) is 17.1 Å². The average Bonchev–Trinajstić information content (AvgIpc) is 3.34. The third kappa shape index (κ3) is 6.35. The molecule has 1 aliphatic rings. The Hall–Kier alpha value is -3.39. The SMILES string of the molecule is CC(C)[C@H]1CN(c2ncc(-c3ccc(-c4cnsn4)cc3O)nn2)CCN1.O=C(O)C(F)(F)F. The van der Waals surface area contributed by atoms with E-state index in [-0.39, 0.29) is 5.75 Å². The topological polar surface area (TPSA) is 137 Å². The lowest BCUT2D eigenvalue weighted by molar-refractivity contribution is -0.192. The largest absolute Gasteiger partial charge is 0.507 e. The Balaban J connectivity index is 0.000000406. The zero-order valence-electron chi connectivity index (χ0n) is 18.2. The van der Waals surface area contributed by atoms with Crippen LogP contribution >= 0.6 is 11.7 Å². The Bertz CT molecular complexity index is 1100. The van der Waals surface area contributed by atoms with Gasteiger partial charge in [-0.25, -0.2) is 9.78 Å². The van der Waals surface area contributed by atoms with Crippen molar-refractivity contribution in [2.45, 2.75) is 26.1 Å². The number of phenolic OH excluding ortho intramolecular Hbond substituents is 1. The Kier molecular flexibility index (Phi) is 7.94. The predicted molar refractivity (Wildman–Crippen MR) is 118 cm³/mol. The van der Waals surface area contributed by atoms with Gasteiger partial charge in [0.2, 0.25) is 5.95 Å². The molecule has 2 aromatic heterocycles. The number of hydrogen-bond acceptors (Lipinski definition) is 10. The van der Waals surface area contributed by atoms with Crippen molar-refractivity contribution in [3.8, 4) is 28.3 Å². The molecule has 1 aromatic carbocycles. The van der Waals surface area contributed by atoms with E-state index in [4.69, 9.17) is 9.90 Å². The number of carboxylic acid groups (broad SMARTS) is 1. The molecule has 0 spiro atoms. The number of benzene rings is 1. The van der Waals surface area contributed by atoms with Crippen molar-refractivity contribution in [2.24, 2.45) is 5.92 Å². The maximum absolute atomic E-state index is 10.6. The van der Waals surface area contributed by atoms with E-state index in [0.29, 0.717) is 29.2 Å². The number of nitrogens with zero attached hydrogens (tertiary/aromatic N) is 6. The summed E-state index contributed by atoms with van der Waals surface area (Å²) in [5.41, 5.74) is 2.67. The minimum atomic E-state index is -5.08. The number of aromatic nitrogens is 5. The van der Waals surface area contributed by atoms with Crippen LogP contribution in [0, 0.1) is 5.92 Å². The van der Waals surface area contributed by atoms with E-state index >= 15 is 0 Å². The number of anilines is 1. The second-order valence-electron chi connectivity index (χ2n) is 7.72. The number of aliphatic carboxylic acids is 1. The van der Waals surface area contributed by atoms with Gasteiger partial charge in [-0.05, 0) is 18.1 Å². The van der Waals surface area contributed by atoms with Gasteiger partial charge >= 0.3 is 12.1 Å². The molecule has 1 atom stereocenters. The number of halogens is 3. The summed E-state index contributed by atoms with van der Waals surface area (Å²) < 4.78 is 39.9. The van der Waals surface area contributed by atoms with Crippen molar-refractivity contribution < 1.29 is 28.2 Å². The molecule has 0 amide bonds. The van der Waals surface area contributed by atoms with E-state index in [2.05, 4.69) is 48.0 Å². The van der Waals surface area contributed by atoms with Gasteiger partial charge in [0.15, 0.2) is 0 Å². The lowest BCUT2D eigenvalue weighted by Crippen LogP contribution is -2.53. The summed E-state index contributed by atoms with van der Waals surface area (Å²) in [6.45, 7) is 7.03. The fourth-order valence-corrected chi connectivity index (χ4v) is 3.58. The number of aromatic hydroxyl groups is 1. The van der Waals surface area contributed by atoms with Crippen LogP contribution in [0.2, 0.25) is 0 Å². The highest BCUT2D eigenvalue weighted by Crippen LogP contribution is 2.31. The zero-order valence-corrected chi connectivity index (χ0v) is 19.0. The quantitative estimate of drug-likeness (QED) is 0.493. The molecule has 10 nitrogen and oxygen atoms in total. The minimum absolute atomic E-state index is 0.117. The Morgan fingerprint density at radius 1 is 1.24 bits per heavy atom. The molecule has 1 fully saturated rings. The fourth-order valence-electron chi connectivity index (χ4n) is 3.14. The molecule has 0 radical (unpaired) electrons. The number of carbonyl (C=O) groups is 1. The number of nitrogens with one attached hydrogen (secondary N) is 1. The van der Waals surface area contributed by atoms with Gasteiger partial charge in [0.25, 0.3) is 0 Å². The molecular formula is C20H22F3N7O3S. The Morgan fingerprint density at radius 2 is 1.97 bits per heavy atom. The van der Waals surface area contributed by atoms with Crippen molar-refractivity contribution in [3.05, 3.63) is 30.6 Å². The first kappa shape index (κ1) is 25.2. The van der Waals surface area contributed by atoms with Gasteiger partial charge in [0, 0.05) is 36.8 Å². The molecule has 34 heavy (non-hydrogen) atoms. The van der Waals surface area contributed by atoms with Crippen LogP contribution in [0.3, 0.4) is 0 Å². The number of piperazine rings is 1. The van der Waals surface area contributed by atoms with Crippen LogP contribution in [0.25, 0.3) is 22.5 Å². The predicted octanol–water partition coefficient (Wildman–Crippen LogP) is 2.83. The fraction of sp³-hybridized carbons (Fsp3) is 0.400. The standard InChI is InChI=1S/C18H21N7OS.C2HF3O2/c1-11(2)16-10-25(6-5-19-16)18-20-8-15(22-23-18)13-4-3-12(7-17(13)26)14-9-21-27-24-14;3-2(4,5)1(6)7/h3-4,7-9,11,16,19,26H,5-6,10H2,1-2H3;(H,6,7)/t16-;/m1./s1. The second-order valence-corrected chi connectivity index (χ2v) is 8.28. The van der Waals surface area contributed by atoms with Gasteiger partial charge in [-0.1, -0.05) is 19.9 Å². The molecule has 3 heterocycles. The lowest BCUT2D eigenvalue weighted by atomic mass is 10.0. The minimum Gasteiger partial charge on any atom is -0.507 e. The van der Waals surface area contributed by atoms with Crippen LogP contribution in [0.5, 0.6) is 5.75 Å². The van der Waals surface area contributed by atoms with Crippen LogP contribution < -0.4 is 10.2 Å². The van der Waals surface area contributed by atoms with Crippen LogP contribution in [-0.2, 0) is 4.79 Å². The molecule has 3 N–H and O–H groups in total. The molecule has 0 unspecified atom stereocenters. The average molecular weight is 498 g/mol. The van der Waals surface area contributed by atoms with Crippen molar-refractivity contribution in [1.29, 1.82) is 0 Å². The van der Waals surface area contributed by atoms with Crippen LogP contribution in [0.1, 0.15) is 13.8 Å². The second kappa shape index (κ2) is 10.7. The summed E-state index contributed by atoms with van der Waals surface area (Å²) in [4.78, 5) is 15.5. The van der Waals surface area contributed by atoms with Gasteiger partial charge in [-0.2, -0.15) is 21.9 Å². The first-order chi connectivity index (χ1) is 16.1. The van der Waals surface area contributed by atoms with Gasteiger partial charge < -0.3 is 20.4 Å². The molecule has 0 bridgehead atoms. The van der Waals surface area contributed by atoms with Gasteiger partial charge in [0.05, 0.1) is 24.1 Å². The van der Waals surface area contributed by atoms with E-state index in [1.807, 2.05) is 6.07 Å². The van der Waals surface area contributed by atoms with E-state index in [9.17, 15) is 18.3 Å². The van der Waals surface area contributed by atoms with Crippen LogP contribution in [-0.4, -0.2) is 72.0 Å². The molecule has 182 valence electrons. The molecule has 3 aromatic rings. The third-order valence-electron chi connectivity index (χ3n) is 5.02. The van der Waals surface area contributed by atoms with E-state index in [1.54, 1.807) is 24.5 Å². The van der Waals surface area contributed by atoms with E-state index in [0.717, 1.165) is 42.6 Å². The first-order valence-electron chi connectivity index (χ1n) is 10.2. The molecule has 4 rings (SSSR count). The number of alkyl halides is 3. The Labute approximate surface area is 196 Å². The Morgan fingerprint density at radius 3 is 2.50 bits per heavy atom. The molecule has 1 saturated heterocycles. The highest BCUT2D eigenvalue weighted by Gasteiger charge is 2.38. The summed E-state index contributed by atoms with van der Waals surface area (Å²) in [6.07, 6.45) is -1.75. The molecule has 0 saturated carbocycles. The maximum Gasteiger partial charge on any atom is 0.490 e. The van der Waals surface area contributed by atoms with Crippen LogP contribution in [0.4, 0.5) is 19.1 Å². The highest BCUT2D eigenvalue weighted by molar-refractivity contribution is 6.99. The zero-order chi connectivity index (χ0) is 24.9.